The lowest BCUT2D eigenvalue weighted by molar-refractivity contribution is 0.0650. The summed E-state index contributed by atoms with van der Waals surface area (Å²) in [4.78, 5) is 31.5. The first-order chi connectivity index (χ1) is 15.2. The molecule has 31 heavy (non-hydrogen) atoms. The van der Waals surface area contributed by atoms with Crippen LogP contribution in [0.25, 0.3) is 0 Å². The highest BCUT2D eigenvalue weighted by Gasteiger charge is 2.35. The van der Waals surface area contributed by atoms with Crippen LogP contribution < -0.4 is 9.64 Å². The Bertz CT molecular complexity index is 970. The SMILES string of the molecule is COc1ccc2c(c1)N1CCN(CCCCN3C(=O)c4ccccc4C3=O)C[C@@H]1CC2. The van der Waals surface area contributed by atoms with Gasteiger partial charge >= 0.3 is 0 Å². The van der Waals surface area contributed by atoms with Crippen LogP contribution in [0.1, 0.15) is 45.5 Å². The van der Waals surface area contributed by atoms with Crippen molar-refractivity contribution in [2.45, 2.75) is 31.7 Å². The number of nitrogens with zero attached hydrogens (tertiary/aromatic N) is 3. The third-order valence-electron chi connectivity index (χ3n) is 6.90. The van der Waals surface area contributed by atoms with Crippen molar-refractivity contribution in [3.8, 4) is 5.75 Å². The van der Waals surface area contributed by atoms with Gasteiger partial charge in [-0.15, -0.1) is 0 Å². The number of unbranched alkanes of at least 4 members (excludes halogenated alkanes) is 1. The molecule has 0 aromatic heterocycles. The lowest BCUT2D eigenvalue weighted by Gasteiger charge is -2.46. The summed E-state index contributed by atoms with van der Waals surface area (Å²) in [6, 6.07) is 14.1. The van der Waals surface area contributed by atoms with Gasteiger partial charge < -0.3 is 9.64 Å². The molecule has 1 fully saturated rings. The molecule has 0 unspecified atom stereocenters. The zero-order chi connectivity index (χ0) is 21.4. The van der Waals surface area contributed by atoms with Crippen molar-refractivity contribution < 1.29 is 14.3 Å². The second-order valence-corrected chi connectivity index (χ2v) is 8.70. The van der Waals surface area contributed by atoms with E-state index >= 15 is 0 Å². The second kappa shape index (κ2) is 8.35. The number of aryl methyl sites for hydroxylation is 1. The van der Waals surface area contributed by atoms with E-state index in [4.69, 9.17) is 4.74 Å². The molecule has 6 heteroatoms. The molecule has 0 spiro atoms. The molecule has 1 atom stereocenters. The molecule has 1 saturated heterocycles. The van der Waals surface area contributed by atoms with Gasteiger partial charge in [0.05, 0.1) is 18.2 Å². The molecule has 0 N–H and O–H groups in total. The van der Waals surface area contributed by atoms with Crippen molar-refractivity contribution >= 4 is 17.5 Å². The summed E-state index contributed by atoms with van der Waals surface area (Å²) >= 11 is 0. The molecule has 6 nitrogen and oxygen atoms in total. The maximum Gasteiger partial charge on any atom is 0.261 e. The van der Waals surface area contributed by atoms with E-state index in [0.29, 0.717) is 23.7 Å². The number of ether oxygens (including phenoxy) is 1. The number of anilines is 1. The van der Waals surface area contributed by atoms with E-state index in [2.05, 4.69) is 28.0 Å². The number of imide groups is 1. The fraction of sp³-hybridized carbons (Fsp3) is 0.440. The van der Waals surface area contributed by atoms with Crippen LogP contribution in [0, 0.1) is 0 Å². The van der Waals surface area contributed by atoms with Crippen molar-refractivity contribution in [2.75, 3.05) is 44.7 Å². The number of piperazine rings is 1. The van der Waals surface area contributed by atoms with Gasteiger partial charge in [-0.2, -0.15) is 0 Å². The first kappa shape index (κ1) is 20.1. The smallest absolute Gasteiger partial charge is 0.261 e. The molecule has 2 amide bonds. The van der Waals surface area contributed by atoms with Crippen molar-refractivity contribution in [1.82, 2.24) is 9.80 Å². The van der Waals surface area contributed by atoms with Gasteiger partial charge in [0.25, 0.3) is 11.8 Å². The quantitative estimate of drug-likeness (QED) is 0.532. The Morgan fingerprint density at radius 2 is 1.71 bits per heavy atom. The monoisotopic (exact) mass is 419 g/mol. The third kappa shape index (κ3) is 3.69. The molecule has 3 heterocycles. The van der Waals surface area contributed by atoms with Crippen molar-refractivity contribution in [3.05, 3.63) is 59.2 Å². The molecular weight excluding hydrogens is 390 g/mol. The molecule has 2 aromatic rings. The van der Waals surface area contributed by atoms with Crippen LogP contribution in [0.4, 0.5) is 5.69 Å². The van der Waals surface area contributed by atoms with E-state index in [1.165, 1.54) is 22.6 Å². The highest BCUT2D eigenvalue weighted by Crippen LogP contribution is 2.35. The highest BCUT2D eigenvalue weighted by atomic mass is 16.5. The summed E-state index contributed by atoms with van der Waals surface area (Å²) in [6.45, 7) is 4.66. The minimum atomic E-state index is -0.148. The topological polar surface area (TPSA) is 53.1 Å². The summed E-state index contributed by atoms with van der Waals surface area (Å²) in [7, 11) is 1.72. The standard InChI is InChI=1S/C25H29N3O3/c1-31-20-11-9-18-8-10-19-17-26(14-15-27(19)23(18)16-20)12-4-5-13-28-24(29)21-6-2-3-7-22(21)25(28)30/h2-3,6-7,9,11,16,19H,4-5,8,10,12-15,17H2,1H3/t19-/m0/s1. The first-order valence-corrected chi connectivity index (χ1v) is 11.3. The molecule has 162 valence electrons. The van der Waals surface area contributed by atoms with Crippen LogP contribution in [0.3, 0.4) is 0 Å². The number of fused-ring (bicyclic) bond motifs is 4. The average Bonchev–Trinajstić information content (AvgIpc) is 3.06. The number of benzene rings is 2. The predicted octanol–water partition coefficient (Wildman–Crippen LogP) is 3.21. The molecule has 0 saturated carbocycles. The van der Waals surface area contributed by atoms with E-state index in [1.54, 1.807) is 19.2 Å². The molecule has 3 aliphatic rings. The van der Waals surface area contributed by atoms with Gasteiger partial charge in [0.1, 0.15) is 5.75 Å². The van der Waals surface area contributed by atoms with Gasteiger partial charge in [-0.1, -0.05) is 18.2 Å². The fourth-order valence-corrected chi connectivity index (χ4v) is 5.21. The van der Waals surface area contributed by atoms with Crippen LogP contribution in [-0.2, 0) is 6.42 Å². The number of hydrogen-bond donors (Lipinski definition) is 0. The summed E-state index contributed by atoms with van der Waals surface area (Å²) < 4.78 is 5.44. The lowest BCUT2D eigenvalue weighted by Crippen LogP contribution is -2.55. The molecular formula is C25H29N3O3. The number of carbonyl (C=O) groups excluding carboxylic acids is 2. The Hall–Kier alpha value is -2.86. The van der Waals surface area contributed by atoms with E-state index in [1.807, 2.05) is 12.1 Å². The Labute approximate surface area is 183 Å². The van der Waals surface area contributed by atoms with Crippen LogP contribution in [0.15, 0.2) is 42.5 Å². The van der Waals surface area contributed by atoms with E-state index in [-0.39, 0.29) is 11.8 Å². The summed E-state index contributed by atoms with van der Waals surface area (Å²) in [5, 5.41) is 0. The average molecular weight is 420 g/mol. The number of rotatable bonds is 6. The van der Waals surface area contributed by atoms with Crippen LogP contribution in [0.2, 0.25) is 0 Å². The number of amides is 2. The minimum absolute atomic E-state index is 0.148. The zero-order valence-corrected chi connectivity index (χ0v) is 18.0. The Morgan fingerprint density at radius 1 is 0.968 bits per heavy atom. The summed E-state index contributed by atoms with van der Waals surface area (Å²) in [5.74, 6) is 0.631. The normalized spacial score (nSPS) is 20.5. The number of methoxy groups -OCH3 is 1. The first-order valence-electron chi connectivity index (χ1n) is 11.3. The molecule has 0 radical (unpaired) electrons. The molecule has 0 bridgehead atoms. The van der Waals surface area contributed by atoms with E-state index in [9.17, 15) is 9.59 Å². The van der Waals surface area contributed by atoms with Crippen LogP contribution >= 0.6 is 0 Å². The van der Waals surface area contributed by atoms with Gasteiger partial charge in [0, 0.05) is 44.0 Å². The van der Waals surface area contributed by atoms with Crippen molar-refractivity contribution in [2.24, 2.45) is 0 Å². The predicted molar refractivity (Wildman–Crippen MR) is 120 cm³/mol. The number of carbonyl (C=O) groups is 2. The summed E-state index contributed by atoms with van der Waals surface area (Å²) in [6.07, 6.45) is 4.14. The molecule has 3 aliphatic heterocycles. The Balaban J connectivity index is 1.12. The zero-order valence-electron chi connectivity index (χ0n) is 18.0. The maximum absolute atomic E-state index is 12.5. The van der Waals surface area contributed by atoms with Gasteiger partial charge in [0.2, 0.25) is 0 Å². The van der Waals surface area contributed by atoms with Gasteiger partial charge in [-0.3, -0.25) is 19.4 Å². The lowest BCUT2D eigenvalue weighted by atomic mass is 9.93. The number of hydrogen-bond acceptors (Lipinski definition) is 5. The Morgan fingerprint density at radius 3 is 2.45 bits per heavy atom. The summed E-state index contributed by atoms with van der Waals surface area (Å²) in [5.41, 5.74) is 3.84. The van der Waals surface area contributed by atoms with Gasteiger partial charge in [0.15, 0.2) is 0 Å². The largest absolute Gasteiger partial charge is 0.497 e. The van der Waals surface area contributed by atoms with Crippen LogP contribution in [0.5, 0.6) is 5.75 Å². The van der Waals surface area contributed by atoms with Crippen molar-refractivity contribution in [1.29, 1.82) is 0 Å². The maximum atomic E-state index is 12.5. The molecule has 2 aromatic carbocycles. The van der Waals surface area contributed by atoms with Crippen LogP contribution in [-0.4, -0.2) is 67.5 Å². The van der Waals surface area contributed by atoms with Gasteiger partial charge in [-0.25, -0.2) is 0 Å². The minimum Gasteiger partial charge on any atom is -0.497 e. The fourth-order valence-electron chi connectivity index (χ4n) is 5.21. The Kier molecular flexibility index (Phi) is 5.40. The second-order valence-electron chi connectivity index (χ2n) is 8.70. The molecule has 0 aliphatic carbocycles. The van der Waals surface area contributed by atoms with Crippen molar-refractivity contribution in [3.63, 3.8) is 0 Å². The third-order valence-corrected chi connectivity index (χ3v) is 6.90. The highest BCUT2D eigenvalue weighted by molar-refractivity contribution is 6.21. The van der Waals surface area contributed by atoms with E-state index < -0.39 is 0 Å². The van der Waals surface area contributed by atoms with E-state index in [0.717, 1.165) is 51.2 Å². The molecule has 5 rings (SSSR count). The van der Waals surface area contributed by atoms with Gasteiger partial charge in [-0.05, 0) is 56.0 Å².